The van der Waals surface area contributed by atoms with Crippen molar-refractivity contribution in [1.82, 2.24) is 29.7 Å². The molecule has 0 aromatic carbocycles. The van der Waals surface area contributed by atoms with E-state index in [0.29, 0.717) is 22.6 Å². The first-order chi connectivity index (χ1) is 8.31. The number of fused-ring (bicyclic) bond motifs is 4. The summed E-state index contributed by atoms with van der Waals surface area (Å²) in [4.78, 5) is 12.9. The van der Waals surface area contributed by atoms with E-state index in [1.54, 1.807) is 0 Å². The number of halogens is 1. The Bertz CT molecular complexity index is 866. The molecule has 0 saturated carbocycles. The molecule has 7 nitrogen and oxygen atoms in total. The van der Waals surface area contributed by atoms with E-state index in [1.165, 1.54) is 0 Å². The van der Waals surface area contributed by atoms with Crippen LogP contribution in [0.1, 0.15) is 0 Å². The molecule has 0 N–H and O–H groups in total. The Kier molecular flexibility index (Phi) is 1.57. The van der Waals surface area contributed by atoms with E-state index in [4.69, 9.17) is 0 Å². The molecule has 0 fully saturated rings. The smallest absolute Gasteiger partial charge is 0.245 e. The van der Waals surface area contributed by atoms with Crippen molar-refractivity contribution in [3.63, 3.8) is 0 Å². The average molecular weight is 291 g/mol. The molecule has 0 radical (unpaired) electrons. The molecule has 0 aliphatic heterocycles. The topological polar surface area (TPSA) is 82.0 Å². The van der Waals surface area contributed by atoms with E-state index in [9.17, 15) is 0 Å². The van der Waals surface area contributed by atoms with Gasteiger partial charge in [0.05, 0.1) is 0 Å². The van der Waals surface area contributed by atoms with E-state index in [0.717, 1.165) is 10.1 Å². The summed E-state index contributed by atoms with van der Waals surface area (Å²) < 4.78 is 7.34. The largest absolute Gasteiger partial charge is 0.281 e. The highest BCUT2D eigenvalue weighted by Crippen LogP contribution is 2.18. The van der Waals surface area contributed by atoms with Crippen LogP contribution in [0, 0.1) is 0 Å². The summed E-state index contributed by atoms with van der Waals surface area (Å²) in [6, 6.07) is 3.79. The van der Waals surface area contributed by atoms with Crippen LogP contribution in [0.2, 0.25) is 0 Å². The van der Waals surface area contributed by atoms with Gasteiger partial charge in [0.2, 0.25) is 16.9 Å². The molecule has 0 amide bonds. The van der Waals surface area contributed by atoms with Gasteiger partial charge in [0.15, 0.2) is 5.65 Å². The minimum atomic E-state index is 0.361. The highest BCUT2D eigenvalue weighted by atomic mass is 79.9. The van der Waals surface area contributed by atoms with Gasteiger partial charge >= 0.3 is 0 Å². The lowest BCUT2D eigenvalue weighted by Crippen LogP contribution is -1.89. The van der Waals surface area contributed by atoms with E-state index in [1.807, 2.05) is 22.7 Å². The standard InChI is InChI=1S/C9H3BrN6O/c10-4-1-2-5-11-8-9(16(5)3-4)13-7-6(12-8)14-17-15-7/h1-3H. The molecule has 0 unspecified atom stereocenters. The van der Waals surface area contributed by atoms with Crippen LogP contribution in [0.25, 0.3) is 28.2 Å². The summed E-state index contributed by atoms with van der Waals surface area (Å²) in [5.41, 5.74) is 2.66. The fourth-order valence-corrected chi connectivity index (χ4v) is 2.03. The van der Waals surface area contributed by atoms with Gasteiger partial charge in [-0.2, -0.15) is 4.98 Å². The molecule has 0 aliphatic carbocycles. The molecule has 17 heavy (non-hydrogen) atoms. The first kappa shape index (κ1) is 8.99. The molecular formula is C9H3BrN6O. The lowest BCUT2D eigenvalue weighted by Gasteiger charge is -1.94. The van der Waals surface area contributed by atoms with Gasteiger partial charge < -0.3 is 0 Å². The van der Waals surface area contributed by atoms with Crippen molar-refractivity contribution >= 4 is 44.2 Å². The van der Waals surface area contributed by atoms with Crippen molar-refractivity contribution < 1.29 is 4.63 Å². The lowest BCUT2D eigenvalue weighted by molar-refractivity contribution is 0.314. The van der Waals surface area contributed by atoms with Gasteiger partial charge in [0, 0.05) is 10.7 Å². The Morgan fingerprint density at radius 3 is 2.71 bits per heavy atom. The minimum absolute atomic E-state index is 0.361. The second-order valence-electron chi connectivity index (χ2n) is 3.47. The Morgan fingerprint density at radius 2 is 1.82 bits per heavy atom. The third-order valence-electron chi connectivity index (χ3n) is 2.42. The fraction of sp³-hybridized carbons (Fsp3) is 0. The lowest BCUT2D eigenvalue weighted by atomic mass is 10.5. The molecule has 4 rings (SSSR count). The van der Waals surface area contributed by atoms with Gasteiger partial charge in [-0.05, 0) is 38.4 Å². The first-order valence-corrected chi connectivity index (χ1v) is 5.54. The van der Waals surface area contributed by atoms with Gasteiger partial charge in [-0.15, -0.1) is 0 Å². The monoisotopic (exact) mass is 290 g/mol. The predicted octanol–water partition coefficient (Wildman–Crippen LogP) is 1.58. The number of hydrogen-bond donors (Lipinski definition) is 0. The third kappa shape index (κ3) is 1.18. The zero-order valence-corrected chi connectivity index (χ0v) is 9.79. The van der Waals surface area contributed by atoms with Crippen LogP contribution in [0.4, 0.5) is 0 Å². The third-order valence-corrected chi connectivity index (χ3v) is 2.89. The number of imidazole rings is 1. The van der Waals surface area contributed by atoms with Gasteiger partial charge in [-0.3, -0.25) is 4.40 Å². The zero-order chi connectivity index (χ0) is 11.4. The maximum atomic E-state index is 4.57. The second-order valence-corrected chi connectivity index (χ2v) is 4.39. The van der Waals surface area contributed by atoms with Crippen molar-refractivity contribution in [3.8, 4) is 0 Å². The highest BCUT2D eigenvalue weighted by molar-refractivity contribution is 9.10. The molecule has 4 aromatic heterocycles. The van der Waals surface area contributed by atoms with Gasteiger partial charge in [-0.25, -0.2) is 14.6 Å². The normalized spacial score (nSPS) is 11.8. The Hall–Kier alpha value is -2.09. The average Bonchev–Trinajstić information content (AvgIpc) is 2.89. The van der Waals surface area contributed by atoms with E-state index >= 15 is 0 Å². The summed E-state index contributed by atoms with van der Waals surface area (Å²) in [6.07, 6.45) is 1.87. The fourth-order valence-electron chi connectivity index (χ4n) is 1.69. The maximum Gasteiger partial charge on any atom is 0.245 e. The van der Waals surface area contributed by atoms with Crippen LogP contribution >= 0.6 is 15.9 Å². The number of rotatable bonds is 0. The molecule has 0 bridgehead atoms. The molecule has 4 heterocycles. The van der Waals surface area contributed by atoms with Gasteiger partial charge in [0.25, 0.3) is 0 Å². The van der Waals surface area contributed by atoms with Gasteiger partial charge in [0.1, 0.15) is 5.65 Å². The van der Waals surface area contributed by atoms with Crippen LogP contribution in [-0.4, -0.2) is 29.7 Å². The molecule has 0 spiro atoms. The number of pyridine rings is 1. The molecule has 0 saturated heterocycles. The van der Waals surface area contributed by atoms with E-state index < -0.39 is 0 Å². The van der Waals surface area contributed by atoms with Crippen molar-refractivity contribution in [2.75, 3.05) is 0 Å². The quantitative estimate of drug-likeness (QED) is 0.489. The Morgan fingerprint density at radius 1 is 1.00 bits per heavy atom. The molecule has 0 aliphatic rings. The molecule has 4 aromatic rings. The zero-order valence-electron chi connectivity index (χ0n) is 8.20. The molecule has 8 heteroatoms. The maximum absolute atomic E-state index is 4.57. The highest BCUT2D eigenvalue weighted by Gasteiger charge is 2.12. The molecular weight excluding hydrogens is 288 g/mol. The van der Waals surface area contributed by atoms with Crippen LogP contribution in [-0.2, 0) is 0 Å². The number of aromatic nitrogens is 6. The van der Waals surface area contributed by atoms with Gasteiger partial charge in [-0.1, -0.05) is 0 Å². The number of nitrogens with zero attached hydrogens (tertiary/aromatic N) is 6. The summed E-state index contributed by atoms with van der Waals surface area (Å²) >= 11 is 3.40. The predicted molar refractivity (Wildman–Crippen MR) is 61.4 cm³/mol. The Balaban J connectivity index is 2.28. The summed E-state index contributed by atoms with van der Waals surface area (Å²) in [5.74, 6) is 0. The summed E-state index contributed by atoms with van der Waals surface area (Å²) in [5, 5.41) is 7.30. The first-order valence-electron chi connectivity index (χ1n) is 4.75. The van der Waals surface area contributed by atoms with Crippen LogP contribution in [0.3, 0.4) is 0 Å². The van der Waals surface area contributed by atoms with Crippen molar-refractivity contribution in [2.24, 2.45) is 0 Å². The van der Waals surface area contributed by atoms with Crippen LogP contribution in [0.15, 0.2) is 27.4 Å². The molecule has 82 valence electrons. The molecule has 0 atom stereocenters. The van der Waals surface area contributed by atoms with E-state index in [-0.39, 0.29) is 0 Å². The van der Waals surface area contributed by atoms with Crippen molar-refractivity contribution in [3.05, 3.63) is 22.8 Å². The van der Waals surface area contributed by atoms with Crippen LogP contribution in [0.5, 0.6) is 0 Å². The minimum Gasteiger partial charge on any atom is -0.281 e. The number of hydrogen-bond acceptors (Lipinski definition) is 6. The van der Waals surface area contributed by atoms with E-state index in [2.05, 4.69) is 45.8 Å². The van der Waals surface area contributed by atoms with Crippen LogP contribution < -0.4 is 0 Å². The second kappa shape index (κ2) is 2.98. The van der Waals surface area contributed by atoms with Crippen molar-refractivity contribution in [2.45, 2.75) is 0 Å². The summed E-state index contributed by atoms with van der Waals surface area (Å²) in [6.45, 7) is 0. The summed E-state index contributed by atoms with van der Waals surface area (Å²) in [7, 11) is 0. The van der Waals surface area contributed by atoms with Crippen molar-refractivity contribution in [1.29, 1.82) is 0 Å². The SMILES string of the molecule is Brc1ccc2nc3nc4nonc4nc3n2c1. The Labute approximate surface area is 102 Å².